The molecule has 1 fully saturated rings. The summed E-state index contributed by atoms with van der Waals surface area (Å²) in [7, 11) is 0. The molecule has 1 aromatic carbocycles. The van der Waals surface area contributed by atoms with Crippen molar-refractivity contribution < 1.29 is 0 Å². The van der Waals surface area contributed by atoms with Crippen molar-refractivity contribution in [3.05, 3.63) is 29.8 Å². The topological polar surface area (TPSA) is 29.3 Å². The Morgan fingerprint density at radius 1 is 1.22 bits per heavy atom. The van der Waals surface area contributed by atoms with Crippen molar-refractivity contribution in [2.24, 2.45) is 5.92 Å². The Hall–Kier alpha value is -1.02. The van der Waals surface area contributed by atoms with Crippen LogP contribution in [-0.2, 0) is 6.54 Å². The van der Waals surface area contributed by atoms with Crippen molar-refractivity contribution in [3.63, 3.8) is 0 Å². The standard InChI is InChI=1S/C16H26N2/c1-3-18(16-9-7-13(2)8-10-16)12-14-5-4-6-15(17)11-14/h4-6,11,13,16H,3,7-10,12,17H2,1-2H3. The van der Waals surface area contributed by atoms with Crippen LogP contribution in [-0.4, -0.2) is 17.5 Å². The fourth-order valence-electron chi connectivity index (χ4n) is 3.03. The van der Waals surface area contributed by atoms with Crippen LogP contribution in [0.2, 0.25) is 0 Å². The second-order valence-electron chi connectivity index (χ2n) is 5.72. The molecule has 0 heterocycles. The maximum Gasteiger partial charge on any atom is 0.0317 e. The summed E-state index contributed by atoms with van der Waals surface area (Å²) < 4.78 is 0. The summed E-state index contributed by atoms with van der Waals surface area (Å²) in [6.07, 6.45) is 5.49. The molecule has 0 aliphatic heterocycles. The molecule has 0 aromatic heterocycles. The van der Waals surface area contributed by atoms with E-state index in [0.717, 1.165) is 30.7 Å². The molecule has 0 unspecified atom stereocenters. The Morgan fingerprint density at radius 2 is 1.94 bits per heavy atom. The minimum absolute atomic E-state index is 0.771. The maximum atomic E-state index is 5.85. The van der Waals surface area contributed by atoms with E-state index in [1.54, 1.807) is 0 Å². The molecule has 2 nitrogen and oxygen atoms in total. The van der Waals surface area contributed by atoms with Crippen LogP contribution < -0.4 is 5.73 Å². The lowest BCUT2D eigenvalue weighted by Gasteiger charge is -2.35. The Balaban J connectivity index is 1.96. The average molecular weight is 246 g/mol. The molecule has 2 heteroatoms. The molecule has 0 spiro atoms. The first kappa shape index (κ1) is 13.4. The summed E-state index contributed by atoms with van der Waals surface area (Å²) in [6.45, 7) is 6.82. The molecular weight excluding hydrogens is 220 g/mol. The van der Waals surface area contributed by atoms with Crippen molar-refractivity contribution >= 4 is 5.69 Å². The van der Waals surface area contributed by atoms with Crippen LogP contribution in [0.5, 0.6) is 0 Å². The summed E-state index contributed by atoms with van der Waals surface area (Å²) in [5, 5.41) is 0. The number of anilines is 1. The molecule has 0 radical (unpaired) electrons. The van der Waals surface area contributed by atoms with Crippen molar-refractivity contribution in [3.8, 4) is 0 Å². The molecule has 1 saturated carbocycles. The van der Waals surface area contributed by atoms with Gasteiger partial charge < -0.3 is 5.73 Å². The molecule has 0 amide bonds. The first-order valence-electron chi connectivity index (χ1n) is 7.27. The number of hydrogen-bond acceptors (Lipinski definition) is 2. The first-order valence-corrected chi connectivity index (χ1v) is 7.27. The highest BCUT2D eigenvalue weighted by atomic mass is 15.1. The number of nitrogens with zero attached hydrogens (tertiary/aromatic N) is 1. The molecule has 2 rings (SSSR count). The third-order valence-corrected chi connectivity index (χ3v) is 4.24. The second-order valence-corrected chi connectivity index (χ2v) is 5.72. The van der Waals surface area contributed by atoms with E-state index in [1.165, 1.54) is 31.2 Å². The third-order valence-electron chi connectivity index (χ3n) is 4.24. The normalized spacial score (nSPS) is 24.4. The molecule has 2 N–H and O–H groups in total. The summed E-state index contributed by atoms with van der Waals surface area (Å²) >= 11 is 0. The predicted molar refractivity (Wildman–Crippen MR) is 78.4 cm³/mol. The van der Waals surface area contributed by atoms with Crippen molar-refractivity contribution in [2.75, 3.05) is 12.3 Å². The zero-order chi connectivity index (χ0) is 13.0. The van der Waals surface area contributed by atoms with Gasteiger partial charge in [-0.05, 0) is 55.8 Å². The van der Waals surface area contributed by atoms with Gasteiger partial charge in [-0.3, -0.25) is 4.90 Å². The predicted octanol–water partition coefficient (Wildman–Crippen LogP) is 3.67. The summed E-state index contributed by atoms with van der Waals surface area (Å²) in [5.74, 6) is 0.923. The van der Waals surface area contributed by atoms with Gasteiger partial charge in [0.15, 0.2) is 0 Å². The summed E-state index contributed by atoms with van der Waals surface area (Å²) in [6, 6.07) is 9.08. The highest BCUT2D eigenvalue weighted by Gasteiger charge is 2.22. The van der Waals surface area contributed by atoms with E-state index >= 15 is 0 Å². The summed E-state index contributed by atoms with van der Waals surface area (Å²) in [5.41, 5.74) is 8.07. The zero-order valence-electron chi connectivity index (χ0n) is 11.7. The van der Waals surface area contributed by atoms with E-state index < -0.39 is 0 Å². The van der Waals surface area contributed by atoms with Crippen molar-refractivity contribution in [2.45, 2.75) is 52.1 Å². The van der Waals surface area contributed by atoms with Gasteiger partial charge in [0.05, 0.1) is 0 Å². The maximum absolute atomic E-state index is 5.85. The molecule has 1 aliphatic carbocycles. The van der Waals surface area contributed by atoms with Gasteiger partial charge in [-0.15, -0.1) is 0 Å². The van der Waals surface area contributed by atoms with Crippen LogP contribution in [0, 0.1) is 5.92 Å². The van der Waals surface area contributed by atoms with Gasteiger partial charge >= 0.3 is 0 Å². The Bertz CT molecular complexity index is 367. The van der Waals surface area contributed by atoms with Crippen LogP contribution in [0.4, 0.5) is 5.69 Å². The second kappa shape index (κ2) is 6.24. The van der Waals surface area contributed by atoms with Crippen LogP contribution >= 0.6 is 0 Å². The molecule has 0 saturated heterocycles. The number of rotatable bonds is 4. The van der Waals surface area contributed by atoms with E-state index in [4.69, 9.17) is 5.73 Å². The fraction of sp³-hybridized carbons (Fsp3) is 0.625. The minimum Gasteiger partial charge on any atom is -0.399 e. The molecule has 0 bridgehead atoms. The lowest BCUT2D eigenvalue weighted by Crippen LogP contribution is -2.37. The van der Waals surface area contributed by atoms with Gasteiger partial charge in [0.2, 0.25) is 0 Å². The lowest BCUT2D eigenvalue weighted by molar-refractivity contribution is 0.139. The Kier molecular flexibility index (Phi) is 4.65. The fourth-order valence-corrected chi connectivity index (χ4v) is 3.03. The number of nitrogens with two attached hydrogens (primary N) is 1. The van der Waals surface area contributed by atoms with Gasteiger partial charge in [-0.2, -0.15) is 0 Å². The molecule has 0 atom stereocenters. The molecular formula is C16H26N2. The van der Waals surface area contributed by atoms with E-state index in [-0.39, 0.29) is 0 Å². The average Bonchev–Trinajstić information content (AvgIpc) is 2.37. The van der Waals surface area contributed by atoms with Gasteiger partial charge in [0, 0.05) is 18.3 Å². The van der Waals surface area contributed by atoms with Crippen LogP contribution in [0.1, 0.15) is 45.1 Å². The SMILES string of the molecule is CCN(Cc1cccc(N)c1)C1CCC(C)CC1. The highest BCUT2D eigenvalue weighted by molar-refractivity contribution is 5.40. The minimum atomic E-state index is 0.771. The van der Waals surface area contributed by atoms with Gasteiger partial charge in [0.1, 0.15) is 0 Å². The van der Waals surface area contributed by atoms with Crippen LogP contribution in [0.25, 0.3) is 0 Å². The quantitative estimate of drug-likeness (QED) is 0.821. The number of hydrogen-bond donors (Lipinski definition) is 1. The van der Waals surface area contributed by atoms with E-state index in [0.29, 0.717) is 0 Å². The zero-order valence-corrected chi connectivity index (χ0v) is 11.7. The molecule has 18 heavy (non-hydrogen) atoms. The molecule has 1 aromatic rings. The highest BCUT2D eigenvalue weighted by Crippen LogP contribution is 2.28. The largest absolute Gasteiger partial charge is 0.399 e. The van der Waals surface area contributed by atoms with E-state index in [1.807, 2.05) is 6.07 Å². The molecule has 100 valence electrons. The van der Waals surface area contributed by atoms with Crippen molar-refractivity contribution in [1.29, 1.82) is 0 Å². The number of nitrogen functional groups attached to an aromatic ring is 1. The Morgan fingerprint density at radius 3 is 2.56 bits per heavy atom. The van der Waals surface area contributed by atoms with E-state index in [9.17, 15) is 0 Å². The van der Waals surface area contributed by atoms with E-state index in [2.05, 4.69) is 36.9 Å². The van der Waals surface area contributed by atoms with Gasteiger partial charge in [-0.25, -0.2) is 0 Å². The smallest absolute Gasteiger partial charge is 0.0317 e. The van der Waals surface area contributed by atoms with Gasteiger partial charge in [0.25, 0.3) is 0 Å². The monoisotopic (exact) mass is 246 g/mol. The third kappa shape index (κ3) is 3.49. The number of benzene rings is 1. The molecule has 1 aliphatic rings. The first-order chi connectivity index (χ1) is 8.69. The van der Waals surface area contributed by atoms with Crippen LogP contribution in [0.3, 0.4) is 0 Å². The Labute approximate surface area is 111 Å². The van der Waals surface area contributed by atoms with Crippen molar-refractivity contribution in [1.82, 2.24) is 4.90 Å². The summed E-state index contributed by atoms with van der Waals surface area (Å²) in [4.78, 5) is 2.61. The van der Waals surface area contributed by atoms with Crippen LogP contribution in [0.15, 0.2) is 24.3 Å². The van der Waals surface area contributed by atoms with Gasteiger partial charge in [-0.1, -0.05) is 26.0 Å². The lowest BCUT2D eigenvalue weighted by atomic mass is 9.86.